The van der Waals surface area contributed by atoms with Crippen LogP contribution in [0.5, 0.6) is 0 Å². The Bertz CT molecular complexity index is 904. The van der Waals surface area contributed by atoms with E-state index < -0.39 is 55.3 Å². The van der Waals surface area contributed by atoms with Gasteiger partial charge in [0, 0.05) is 0 Å². The number of rotatable bonds is 6. The van der Waals surface area contributed by atoms with E-state index >= 15 is 0 Å². The molecule has 0 spiro atoms. The number of hydrogen-bond donors (Lipinski definition) is 7. The van der Waals surface area contributed by atoms with Gasteiger partial charge in [0.15, 0.2) is 29.3 Å². The van der Waals surface area contributed by atoms with Crippen LogP contribution in [0.3, 0.4) is 0 Å². The summed E-state index contributed by atoms with van der Waals surface area (Å²) in [5.74, 6) is -1.48. The average molecular weight is 412 g/mol. The molecule has 2 amide bonds. The highest BCUT2D eigenvalue weighted by Gasteiger charge is 2.44. The van der Waals surface area contributed by atoms with E-state index in [1.165, 1.54) is 17.8 Å². The normalized spacial score (nSPS) is 26.2. The minimum atomic E-state index is -1.54. The number of aliphatic hydroxyl groups excluding tert-OH is 4. The van der Waals surface area contributed by atoms with Crippen molar-refractivity contribution >= 4 is 29.0 Å². The second-order valence-electron chi connectivity index (χ2n) is 6.43. The third-order valence-electron chi connectivity index (χ3n) is 4.42. The zero-order chi connectivity index (χ0) is 21.3. The van der Waals surface area contributed by atoms with Gasteiger partial charge >= 0.3 is 12.0 Å². The first kappa shape index (κ1) is 20.8. The lowest BCUT2D eigenvalue weighted by atomic mass is 10.1. The molecule has 2 aromatic heterocycles. The lowest BCUT2D eigenvalue weighted by Gasteiger charge is -2.17. The van der Waals surface area contributed by atoms with E-state index in [1.54, 1.807) is 0 Å². The fraction of sp³-hybridized carbons (Fsp3) is 0.533. The number of carbonyl (C=O) groups is 2. The molecule has 1 aliphatic heterocycles. The highest BCUT2D eigenvalue weighted by atomic mass is 16.6. The van der Waals surface area contributed by atoms with Crippen molar-refractivity contribution < 1.29 is 39.9 Å². The maximum Gasteiger partial charge on any atom is 0.328 e. The van der Waals surface area contributed by atoms with E-state index in [9.17, 15) is 30.0 Å². The number of nitrogens with one attached hydrogen (secondary N) is 2. The topological polar surface area (TPSA) is 212 Å². The van der Waals surface area contributed by atoms with E-state index in [0.29, 0.717) is 0 Å². The van der Waals surface area contributed by atoms with E-state index in [4.69, 9.17) is 9.84 Å². The molecule has 0 saturated carbocycles. The van der Waals surface area contributed by atoms with Crippen LogP contribution in [0.15, 0.2) is 12.7 Å². The van der Waals surface area contributed by atoms with Crippen molar-refractivity contribution in [2.45, 2.75) is 43.6 Å². The second kappa shape index (κ2) is 8.22. The van der Waals surface area contributed by atoms with Gasteiger partial charge in [-0.25, -0.2) is 24.5 Å². The van der Waals surface area contributed by atoms with Crippen molar-refractivity contribution in [2.24, 2.45) is 0 Å². The number of anilines is 1. The first-order valence-corrected chi connectivity index (χ1v) is 8.53. The van der Waals surface area contributed by atoms with Crippen molar-refractivity contribution in [1.82, 2.24) is 24.8 Å². The summed E-state index contributed by atoms with van der Waals surface area (Å²) in [5.41, 5.74) is 0.250. The minimum absolute atomic E-state index is 0.0623. The molecule has 3 heterocycles. The summed E-state index contributed by atoms with van der Waals surface area (Å²) in [5, 5.41) is 52.2. The molecule has 6 atom stereocenters. The first-order valence-electron chi connectivity index (χ1n) is 8.53. The Morgan fingerprint density at radius 1 is 1.28 bits per heavy atom. The molecule has 14 nitrogen and oxygen atoms in total. The van der Waals surface area contributed by atoms with Crippen molar-refractivity contribution in [2.75, 3.05) is 11.9 Å². The Morgan fingerprint density at radius 2 is 2.00 bits per heavy atom. The third kappa shape index (κ3) is 3.96. The molecule has 158 valence electrons. The van der Waals surface area contributed by atoms with Gasteiger partial charge in [0.2, 0.25) is 0 Å². The van der Waals surface area contributed by atoms with Crippen LogP contribution < -0.4 is 10.6 Å². The molecule has 2 aromatic rings. The van der Waals surface area contributed by atoms with Crippen LogP contribution in [-0.4, -0.2) is 94.1 Å². The molecule has 0 unspecified atom stereocenters. The number of hydrogen-bond acceptors (Lipinski definition) is 10. The Kier molecular flexibility index (Phi) is 5.90. The molecule has 0 aromatic carbocycles. The molecule has 0 bridgehead atoms. The molecule has 1 aliphatic rings. The second-order valence-corrected chi connectivity index (χ2v) is 6.43. The van der Waals surface area contributed by atoms with Gasteiger partial charge in [-0.05, 0) is 6.92 Å². The van der Waals surface area contributed by atoms with E-state index in [0.717, 1.165) is 6.33 Å². The van der Waals surface area contributed by atoms with E-state index in [1.807, 2.05) is 0 Å². The summed E-state index contributed by atoms with van der Waals surface area (Å²) in [6, 6.07) is -2.48. The Hall–Kier alpha value is -2.91. The Morgan fingerprint density at radius 3 is 2.59 bits per heavy atom. The Labute approximate surface area is 162 Å². The molecule has 29 heavy (non-hydrogen) atoms. The average Bonchev–Trinajstić information content (AvgIpc) is 3.21. The van der Waals surface area contributed by atoms with Crippen molar-refractivity contribution in [3.05, 3.63) is 12.7 Å². The number of nitrogens with zero attached hydrogens (tertiary/aromatic N) is 4. The summed E-state index contributed by atoms with van der Waals surface area (Å²) in [7, 11) is 0. The lowest BCUT2D eigenvalue weighted by Crippen LogP contribution is -2.49. The molecule has 0 aliphatic carbocycles. The third-order valence-corrected chi connectivity index (χ3v) is 4.42. The van der Waals surface area contributed by atoms with Gasteiger partial charge in [-0.15, -0.1) is 0 Å². The number of amides is 2. The summed E-state index contributed by atoms with van der Waals surface area (Å²) in [6.45, 7) is 0.710. The fourth-order valence-electron chi connectivity index (χ4n) is 2.91. The van der Waals surface area contributed by atoms with Gasteiger partial charge < -0.3 is 35.6 Å². The van der Waals surface area contributed by atoms with Crippen LogP contribution in [0.25, 0.3) is 11.2 Å². The molecular weight excluding hydrogens is 392 g/mol. The van der Waals surface area contributed by atoms with Gasteiger partial charge in [0.25, 0.3) is 0 Å². The molecular formula is C15H20N6O8. The summed E-state index contributed by atoms with van der Waals surface area (Å²) >= 11 is 0. The quantitative estimate of drug-likeness (QED) is 0.261. The number of carboxylic acids is 1. The summed E-state index contributed by atoms with van der Waals surface area (Å²) in [4.78, 5) is 35.2. The van der Waals surface area contributed by atoms with E-state index in [2.05, 4.69) is 25.6 Å². The maximum atomic E-state index is 12.1. The Balaban J connectivity index is 1.83. The number of ether oxygens (including phenoxy) is 1. The predicted octanol–water partition coefficient (Wildman–Crippen LogP) is -2.61. The number of urea groups is 1. The van der Waals surface area contributed by atoms with Crippen molar-refractivity contribution in [1.29, 1.82) is 0 Å². The number of carbonyl (C=O) groups excluding carboxylic acids is 1. The van der Waals surface area contributed by atoms with Gasteiger partial charge in [-0.3, -0.25) is 9.88 Å². The monoisotopic (exact) mass is 412 g/mol. The molecule has 3 rings (SSSR count). The number of fused-ring (bicyclic) bond motifs is 1. The number of aliphatic hydroxyl groups is 4. The number of imidazole rings is 1. The van der Waals surface area contributed by atoms with Crippen LogP contribution in [-0.2, 0) is 9.53 Å². The van der Waals surface area contributed by atoms with Crippen LogP contribution in [0.1, 0.15) is 13.2 Å². The van der Waals surface area contributed by atoms with Gasteiger partial charge in [0.05, 0.1) is 19.0 Å². The van der Waals surface area contributed by atoms with Crippen molar-refractivity contribution in [3.8, 4) is 0 Å². The fourth-order valence-corrected chi connectivity index (χ4v) is 2.91. The largest absolute Gasteiger partial charge is 0.480 e. The van der Waals surface area contributed by atoms with E-state index in [-0.39, 0.29) is 17.0 Å². The van der Waals surface area contributed by atoms with Gasteiger partial charge in [-0.2, -0.15) is 0 Å². The highest BCUT2D eigenvalue weighted by Crippen LogP contribution is 2.32. The van der Waals surface area contributed by atoms with Crippen molar-refractivity contribution in [3.63, 3.8) is 0 Å². The van der Waals surface area contributed by atoms with Crippen LogP contribution in [0, 0.1) is 0 Å². The lowest BCUT2D eigenvalue weighted by molar-refractivity contribution is -0.141. The maximum absolute atomic E-state index is 12.1. The number of aromatic nitrogens is 4. The predicted molar refractivity (Wildman–Crippen MR) is 93.6 cm³/mol. The zero-order valence-electron chi connectivity index (χ0n) is 15.1. The number of aliphatic carboxylic acids is 1. The smallest absolute Gasteiger partial charge is 0.328 e. The van der Waals surface area contributed by atoms with Crippen LogP contribution in [0.4, 0.5) is 10.6 Å². The first-order chi connectivity index (χ1) is 13.7. The summed E-state index contributed by atoms with van der Waals surface area (Å²) < 4.78 is 6.74. The summed E-state index contributed by atoms with van der Waals surface area (Å²) in [6.07, 6.45) is -3.75. The van der Waals surface area contributed by atoms with Gasteiger partial charge in [0.1, 0.15) is 24.6 Å². The minimum Gasteiger partial charge on any atom is -0.480 e. The highest BCUT2D eigenvalue weighted by molar-refractivity contribution is 5.97. The molecule has 1 fully saturated rings. The standard InChI is InChI=1S/C15H20N6O8/c1-5(23)7(14(26)27)19-15(28)20-11-8-12(17-3-16-11)21(4-18-8)13-10(25)9(24)6(2-22)29-13/h3-7,9-10,13,22-25H,2H2,1H3,(H,26,27)(H2,16,17,19,20,28)/t5-,6-,7+,9-,10-,13-/m1/s1. The van der Waals surface area contributed by atoms with Gasteiger partial charge in [-0.1, -0.05) is 0 Å². The molecule has 14 heteroatoms. The van der Waals surface area contributed by atoms with Crippen LogP contribution in [0.2, 0.25) is 0 Å². The molecule has 0 radical (unpaired) electrons. The zero-order valence-corrected chi connectivity index (χ0v) is 15.1. The molecule has 7 N–H and O–H groups in total. The SMILES string of the molecule is C[C@@H](O)[C@H](NC(=O)Nc1ncnc2c1ncn2[C@@H]1O[C@H](CO)[C@@H](O)[C@H]1O)C(=O)O. The van der Waals surface area contributed by atoms with Crippen LogP contribution >= 0.6 is 0 Å². The number of carboxylic acid groups (broad SMARTS) is 1. The molecule has 1 saturated heterocycles.